The molecule has 0 saturated heterocycles. The molecular weight excluding hydrogens is 353 g/mol. The van der Waals surface area contributed by atoms with Crippen molar-refractivity contribution in [1.29, 1.82) is 0 Å². The predicted molar refractivity (Wildman–Crippen MR) is 87.5 cm³/mol. The Kier molecular flexibility index (Phi) is 6.14. The van der Waals surface area contributed by atoms with E-state index in [0.717, 1.165) is 6.07 Å². The van der Waals surface area contributed by atoms with Gasteiger partial charge in [0.2, 0.25) is 0 Å². The second kappa shape index (κ2) is 7.96. The fraction of sp³-hybridized carbons (Fsp3) is 0.471. The van der Waals surface area contributed by atoms with Crippen LogP contribution in [0.2, 0.25) is 0 Å². The third-order valence-electron chi connectivity index (χ3n) is 4.03. The summed E-state index contributed by atoms with van der Waals surface area (Å²) in [6, 6.07) is 4.52. The number of rotatable bonds is 6. The SMILES string of the molecule is CC(CCOc1ccccc1C(F)(F)F)NC(=O)C1=C(O)C(O)N(C)C1. The summed E-state index contributed by atoms with van der Waals surface area (Å²) in [6.07, 6.45) is -5.45. The first-order valence-corrected chi connectivity index (χ1v) is 8.01. The lowest BCUT2D eigenvalue weighted by molar-refractivity contribution is -0.139. The minimum atomic E-state index is -4.50. The zero-order chi connectivity index (χ0) is 19.5. The van der Waals surface area contributed by atoms with Crippen molar-refractivity contribution in [2.45, 2.75) is 31.8 Å². The predicted octanol–water partition coefficient (Wildman–Crippen LogP) is 2.05. The molecule has 0 radical (unpaired) electrons. The lowest BCUT2D eigenvalue weighted by Gasteiger charge is -2.17. The van der Waals surface area contributed by atoms with Crippen molar-refractivity contribution < 1.29 is 32.9 Å². The van der Waals surface area contributed by atoms with Crippen LogP contribution in [0.15, 0.2) is 35.6 Å². The van der Waals surface area contributed by atoms with E-state index in [0.29, 0.717) is 0 Å². The number of nitrogens with one attached hydrogen (secondary N) is 1. The van der Waals surface area contributed by atoms with Gasteiger partial charge in [0.1, 0.15) is 11.5 Å². The summed E-state index contributed by atoms with van der Waals surface area (Å²) in [5.74, 6) is -1.19. The molecule has 6 nitrogen and oxygen atoms in total. The summed E-state index contributed by atoms with van der Waals surface area (Å²) in [5.41, 5.74) is -0.787. The van der Waals surface area contributed by atoms with Gasteiger partial charge in [0.25, 0.3) is 5.91 Å². The van der Waals surface area contributed by atoms with E-state index in [1.54, 1.807) is 14.0 Å². The Morgan fingerprint density at radius 1 is 1.42 bits per heavy atom. The monoisotopic (exact) mass is 374 g/mol. The third-order valence-corrected chi connectivity index (χ3v) is 4.03. The Morgan fingerprint density at radius 2 is 2.08 bits per heavy atom. The van der Waals surface area contributed by atoms with E-state index in [1.807, 2.05) is 0 Å². The fourth-order valence-electron chi connectivity index (χ4n) is 2.53. The highest BCUT2D eigenvalue weighted by Crippen LogP contribution is 2.35. The topological polar surface area (TPSA) is 82.0 Å². The van der Waals surface area contributed by atoms with E-state index in [4.69, 9.17) is 4.74 Å². The van der Waals surface area contributed by atoms with Crippen LogP contribution in [-0.2, 0) is 11.0 Å². The standard InChI is InChI=1S/C17H21F3N2O4/c1-10(21-15(24)11-9-22(2)16(25)14(11)23)7-8-26-13-6-4-3-5-12(13)17(18,19)20/h3-6,10,16,23,25H,7-9H2,1-2H3,(H,21,24). The lowest BCUT2D eigenvalue weighted by Crippen LogP contribution is -2.36. The van der Waals surface area contributed by atoms with Crippen molar-refractivity contribution in [2.24, 2.45) is 0 Å². The van der Waals surface area contributed by atoms with Gasteiger partial charge < -0.3 is 20.3 Å². The molecule has 2 atom stereocenters. The van der Waals surface area contributed by atoms with Crippen LogP contribution in [0.1, 0.15) is 18.9 Å². The molecular formula is C17H21F3N2O4. The molecule has 0 spiro atoms. The first-order chi connectivity index (χ1) is 12.1. The molecule has 3 N–H and O–H groups in total. The molecule has 1 aromatic rings. The first-order valence-electron chi connectivity index (χ1n) is 8.01. The molecule has 144 valence electrons. The van der Waals surface area contributed by atoms with Crippen molar-refractivity contribution in [3.63, 3.8) is 0 Å². The zero-order valence-electron chi connectivity index (χ0n) is 14.4. The quantitative estimate of drug-likeness (QED) is 0.710. The van der Waals surface area contributed by atoms with Crippen LogP contribution >= 0.6 is 0 Å². The minimum absolute atomic E-state index is 0.0257. The van der Waals surface area contributed by atoms with E-state index in [9.17, 15) is 28.2 Å². The van der Waals surface area contributed by atoms with Crippen molar-refractivity contribution in [1.82, 2.24) is 10.2 Å². The number of benzene rings is 1. The summed E-state index contributed by atoms with van der Waals surface area (Å²) < 4.78 is 43.9. The number of para-hydroxylation sites is 1. The number of hydrogen-bond acceptors (Lipinski definition) is 5. The molecule has 1 heterocycles. The van der Waals surface area contributed by atoms with Gasteiger partial charge in [-0.3, -0.25) is 9.69 Å². The third kappa shape index (κ3) is 4.67. The largest absolute Gasteiger partial charge is 0.508 e. The van der Waals surface area contributed by atoms with Crippen LogP contribution in [0.4, 0.5) is 13.2 Å². The summed E-state index contributed by atoms with van der Waals surface area (Å²) in [5, 5.41) is 22.0. The normalized spacial score (nSPS) is 19.5. The fourth-order valence-corrected chi connectivity index (χ4v) is 2.53. The highest BCUT2D eigenvalue weighted by molar-refractivity contribution is 5.95. The lowest BCUT2D eigenvalue weighted by atomic mass is 10.2. The second-order valence-corrected chi connectivity index (χ2v) is 6.16. The number of ether oxygens (including phenoxy) is 1. The maximum absolute atomic E-state index is 12.9. The summed E-state index contributed by atoms with van der Waals surface area (Å²) in [6.45, 7) is 1.74. The van der Waals surface area contributed by atoms with Crippen molar-refractivity contribution in [2.75, 3.05) is 20.2 Å². The first kappa shape index (κ1) is 20.1. The van der Waals surface area contributed by atoms with Crippen molar-refractivity contribution >= 4 is 5.91 Å². The van der Waals surface area contributed by atoms with Gasteiger partial charge in [0.15, 0.2) is 6.23 Å². The number of likely N-dealkylation sites (N-methyl/N-ethyl adjacent to an activating group) is 1. The van der Waals surface area contributed by atoms with Crippen LogP contribution in [0.5, 0.6) is 5.75 Å². The van der Waals surface area contributed by atoms with Gasteiger partial charge in [-0.2, -0.15) is 13.2 Å². The molecule has 2 unspecified atom stereocenters. The molecule has 0 saturated carbocycles. The highest BCUT2D eigenvalue weighted by atomic mass is 19.4. The molecule has 1 aromatic carbocycles. The van der Waals surface area contributed by atoms with Crippen LogP contribution in [0, 0.1) is 0 Å². The summed E-state index contributed by atoms with van der Waals surface area (Å²) in [4.78, 5) is 13.5. The van der Waals surface area contributed by atoms with E-state index < -0.39 is 35.7 Å². The molecule has 9 heteroatoms. The number of aliphatic hydroxyl groups is 2. The van der Waals surface area contributed by atoms with Gasteiger partial charge >= 0.3 is 6.18 Å². The van der Waals surface area contributed by atoms with E-state index >= 15 is 0 Å². The average molecular weight is 374 g/mol. The van der Waals surface area contributed by atoms with Gasteiger partial charge in [0, 0.05) is 19.0 Å². The summed E-state index contributed by atoms with van der Waals surface area (Å²) >= 11 is 0. The number of carbonyl (C=O) groups is 1. The minimum Gasteiger partial charge on any atom is -0.508 e. The second-order valence-electron chi connectivity index (χ2n) is 6.16. The van der Waals surface area contributed by atoms with Gasteiger partial charge in [0.05, 0.1) is 17.7 Å². The molecule has 0 bridgehead atoms. The van der Waals surface area contributed by atoms with E-state index in [2.05, 4.69) is 5.32 Å². The molecule has 0 aromatic heterocycles. The Bertz CT molecular complexity index is 691. The maximum atomic E-state index is 12.9. The molecule has 0 aliphatic carbocycles. The van der Waals surface area contributed by atoms with Crippen molar-refractivity contribution in [3.05, 3.63) is 41.2 Å². The number of amides is 1. The molecule has 2 rings (SSSR count). The summed E-state index contributed by atoms with van der Waals surface area (Å²) in [7, 11) is 1.55. The van der Waals surface area contributed by atoms with Gasteiger partial charge in [-0.1, -0.05) is 12.1 Å². The number of halogens is 3. The van der Waals surface area contributed by atoms with Gasteiger partial charge in [-0.05, 0) is 26.1 Å². The number of carbonyl (C=O) groups excluding carboxylic acids is 1. The van der Waals surface area contributed by atoms with Gasteiger partial charge in [-0.15, -0.1) is 0 Å². The number of hydrogen-bond donors (Lipinski definition) is 3. The van der Waals surface area contributed by atoms with E-state index in [-0.39, 0.29) is 30.9 Å². The van der Waals surface area contributed by atoms with Crippen LogP contribution < -0.4 is 10.1 Å². The Hall–Kier alpha value is -2.26. The zero-order valence-corrected chi connectivity index (χ0v) is 14.4. The smallest absolute Gasteiger partial charge is 0.419 e. The Labute approximate surface area is 148 Å². The number of alkyl halides is 3. The molecule has 26 heavy (non-hydrogen) atoms. The average Bonchev–Trinajstić information content (AvgIpc) is 2.82. The van der Waals surface area contributed by atoms with E-state index in [1.165, 1.54) is 23.1 Å². The van der Waals surface area contributed by atoms with Crippen LogP contribution in [0.3, 0.4) is 0 Å². The van der Waals surface area contributed by atoms with Crippen molar-refractivity contribution in [3.8, 4) is 5.75 Å². The number of nitrogens with zero attached hydrogens (tertiary/aromatic N) is 1. The van der Waals surface area contributed by atoms with Crippen LogP contribution in [0.25, 0.3) is 0 Å². The highest BCUT2D eigenvalue weighted by Gasteiger charge is 2.34. The molecule has 1 aliphatic rings. The molecule has 1 amide bonds. The Morgan fingerprint density at radius 3 is 2.65 bits per heavy atom. The maximum Gasteiger partial charge on any atom is 0.419 e. The van der Waals surface area contributed by atoms with Crippen LogP contribution in [-0.4, -0.2) is 53.5 Å². The van der Waals surface area contributed by atoms with Gasteiger partial charge in [-0.25, -0.2) is 0 Å². The molecule has 0 fully saturated rings. The Balaban J connectivity index is 1.87. The molecule has 1 aliphatic heterocycles. The number of aliphatic hydroxyl groups excluding tert-OH is 2.